The third-order valence-electron chi connectivity index (χ3n) is 6.73. The second-order valence-electron chi connectivity index (χ2n) is 7.97. The van der Waals surface area contributed by atoms with E-state index in [0.29, 0.717) is 22.4 Å². The number of nitrogens with zero attached hydrogens (tertiary/aromatic N) is 1. The molecule has 128 valence electrons. The third-order valence-corrected chi connectivity index (χ3v) is 7.56. The minimum absolute atomic E-state index is 0.0804. The Bertz CT molecular complexity index is 752. The molecule has 1 amide bonds. The normalized spacial score (nSPS) is 30.8. The van der Waals surface area contributed by atoms with E-state index in [9.17, 15) is 4.79 Å². The molecule has 2 aromatic rings. The van der Waals surface area contributed by atoms with Crippen molar-refractivity contribution in [2.45, 2.75) is 51.3 Å². The second-order valence-corrected chi connectivity index (χ2v) is 8.89. The maximum atomic E-state index is 12.4. The second kappa shape index (κ2) is 5.51. The minimum Gasteiger partial charge on any atom is -0.431 e. The molecule has 1 heterocycles. The van der Waals surface area contributed by atoms with Crippen LogP contribution >= 0.6 is 11.8 Å². The average Bonchev–Trinajstić information content (AvgIpc) is 3.11. The summed E-state index contributed by atoms with van der Waals surface area (Å²) < 4.78 is 5.66. The van der Waals surface area contributed by atoms with E-state index in [1.165, 1.54) is 24.6 Å². The Morgan fingerprint density at radius 2 is 2.17 bits per heavy atom. The lowest BCUT2D eigenvalue weighted by Crippen LogP contribution is -2.47. The van der Waals surface area contributed by atoms with E-state index < -0.39 is 0 Å². The van der Waals surface area contributed by atoms with Gasteiger partial charge in [-0.3, -0.25) is 4.79 Å². The van der Waals surface area contributed by atoms with Gasteiger partial charge in [0.1, 0.15) is 5.52 Å². The number of para-hydroxylation sites is 2. The molecule has 1 aromatic heterocycles. The van der Waals surface area contributed by atoms with Gasteiger partial charge in [-0.2, -0.15) is 0 Å². The lowest BCUT2D eigenvalue weighted by molar-refractivity contribution is -0.120. The van der Waals surface area contributed by atoms with Gasteiger partial charge in [0, 0.05) is 6.04 Å². The highest BCUT2D eigenvalue weighted by Crippen LogP contribution is 2.65. The number of fused-ring (bicyclic) bond motifs is 3. The van der Waals surface area contributed by atoms with Crippen LogP contribution in [0.1, 0.15) is 40.0 Å². The van der Waals surface area contributed by atoms with Gasteiger partial charge < -0.3 is 9.73 Å². The van der Waals surface area contributed by atoms with Crippen molar-refractivity contribution in [1.82, 2.24) is 10.3 Å². The molecule has 2 fully saturated rings. The predicted molar refractivity (Wildman–Crippen MR) is 95.9 cm³/mol. The zero-order valence-electron chi connectivity index (χ0n) is 14.5. The number of thioether (sulfide) groups is 1. The number of hydrogen-bond acceptors (Lipinski definition) is 4. The average molecular weight is 344 g/mol. The van der Waals surface area contributed by atoms with E-state index in [-0.39, 0.29) is 11.3 Å². The van der Waals surface area contributed by atoms with Gasteiger partial charge in [0.2, 0.25) is 5.91 Å². The predicted octanol–water partition coefficient (Wildman–Crippen LogP) is 4.25. The van der Waals surface area contributed by atoms with E-state index in [4.69, 9.17) is 4.42 Å². The molecule has 24 heavy (non-hydrogen) atoms. The Balaban J connectivity index is 1.37. The molecule has 2 aliphatic rings. The van der Waals surface area contributed by atoms with E-state index in [2.05, 4.69) is 31.1 Å². The van der Waals surface area contributed by atoms with Crippen molar-refractivity contribution in [2.75, 3.05) is 5.75 Å². The number of hydrogen-bond donors (Lipinski definition) is 1. The Morgan fingerprint density at radius 1 is 1.38 bits per heavy atom. The van der Waals surface area contributed by atoms with Crippen LogP contribution < -0.4 is 5.32 Å². The summed E-state index contributed by atoms with van der Waals surface area (Å²) in [5.74, 6) is 1.17. The zero-order chi connectivity index (χ0) is 16.9. The molecule has 2 bridgehead atoms. The van der Waals surface area contributed by atoms with E-state index in [1.807, 2.05) is 24.3 Å². The van der Waals surface area contributed by atoms with Gasteiger partial charge in [0.15, 0.2) is 5.58 Å². The summed E-state index contributed by atoms with van der Waals surface area (Å²) >= 11 is 1.37. The molecule has 4 rings (SSSR count). The minimum atomic E-state index is 0.0804. The van der Waals surface area contributed by atoms with Crippen molar-refractivity contribution in [1.29, 1.82) is 0 Å². The number of oxazole rings is 1. The molecule has 2 aliphatic carbocycles. The Hall–Kier alpha value is -1.49. The van der Waals surface area contributed by atoms with Crippen molar-refractivity contribution in [3.05, 3.63) is 24.3 Å². The van der Waals surface area contributed by atoms with Gasteiger partial charge in [0.25, 0.3) is 5.22 Å². The molecule has 0 unspecified atom stereocenters. The van der Waals surface area contributed by atoms with Crippen LogP contribution in [0.3, 0.4) is 0 Å². The number of benzene rings is 1. The van der Waals surface area contributed by atoms with Gasteiger partial charge in [-0.05, 0) is 48.1 Å². The summed E-state index contributed by atoms with van der Waals surface area (Å²) in [5.41, 5.74) is 2.14. The maximum Gasteiger partial charge on any atom is 0.257 e. The van der Waals surface area contributed by atoms with E-state index in [0.717, 1.165) is 23.4 Å². The van der Waals surface area contributed by atoms with Gasteiger partial charge >= 0.3 is 0 Å². The number of aromatic nitrogens is 1. The largest absolute Gasteiger partial charge is 0.431 e. The van der Waals surface area contributed by atoms with Crippen molar-refractivity contribution < 1.29 is 9.21 Å². The van der Waals surface area contributed by atoms with Crippen LogP contribution in [0, 0.1) is 16.7 Å². The molecule has 1 N–H and O–H groups in total. The molecule has 1 aromatic carbocycles. The smallest absolute Gasteiger partial charge is 0.257 e. The first-order chi connectivity index (χ1) is 11.4. The lowest BCUT2D eigenvalue weighted by atomic mass is 9.69. The fourth-order valence-electron chi connectivity index (χ4n) is 4.70. The molecule has 0 spiro atoms. The molecule has 5 heteroatoms. The van der Waals surface area contributed by atoms with Gasteiger partial charge in [-0.15, -0.1) is 0 Å². The van der Waals surface area contributed by atoms with Gasteiger partial charge in [0.05, 0.1) is 5.75 Å². The van der Waals surface area contributed by atoms with Crippen molar-refractivity contribution in [3.63, 3.8) is 0 Å². The summed E-state index contributed by atoms with van der Waals surface area (Å²) in [5, 5.41) is 3.84. The Labute approximate surface area is 146 Å². The fraction of sp³-hybridized carbons (Fsp3) is 0.579. The summed E-state index contributed by atoms with van der Waals surface area (Å²) in [6.45, 7) is 7.08. The van der Waals surface area contributed by atoms with Crippen molar-refractivity contribution >= 4 is 28.8 Å². The maximum absolute atomic E-state index is 12.4. The molecule has 4 nitrogen and oxygen atoms in total. The van der Waals surface area contributed by atoms with Crippen LogP contribution in [0.2, 0.25) is 0 Å². The molecule has 0 aliphatic heterocycles. The molecular weight excluding hydrogens is 320 g/mol. The van der Waals surface area contributed by atoms with Crippen LogP contribution in [-0.4, -0.2) is 22.7 Å². The standard InChI is InChI=1S/C19H24N2O2S/c1-18(2)12-8-9-19(18,3)15(10-12)21-16(22)11-24-17-20-13-6-4-5-7-14(13)23-17/h4-7,12,15H,8-11H2,1-3H3,(H,21,22)/t12-,15-,19+/m1/s1. The third kappa shape index (κ3) is 2.36. The van der Waals surface area contributed by atoms with Crippen molar-refractivity contribution in [2.24, 2.45) is 16.7 Å². The number of carbonyl (C=O) groups is 1. The summed E-state index contributed by atoms with van der Waals surface area (Å²) in [7, 11) is 0. The summed E-state index contributed by atoms with van der Waals surface area (Å²) in [6, 6.07) is 7.96. The molecule has 0 saturated heterocycles. The van der Waals surface area contributed by atoms with Crippen molar-refractivity contribution in [3.8, 4) is 0 Å². The van der Waals surface area contributed by atoms with Gasteiger partial charge in [-0.25, -0.2) is 4.98 Å². The first kappa shape index (κ1) is 16.0. The van der Waals surface area contributed by atoms with E-state index >= 15 is 0 Å². The lowest BCUT2D eigenvalue weighted by Gasteiger charge is -2.39. The van der Waals surface area contributed by atoms with E-state index in [1.54, 1.807) is 0 Å². The molecule has 0 radical (unpaired) electrons. The summed E-state index contributed by atoms with van der Waals surface area (Å²) in [4.78, 5) is 16.8. The SMILES string of the molecule is CC1(C)[C@@H]2CC[C@@]1(C)[C@H](NC(=O)CSc1nc3ccccc3o1)C2. The van der Waals surface area contributed by atoms with Crippen LogP contribution in [-0.2, 0) is 4.79 Å². The van der Waals surface area contributed by atoms with Crippen LogP contribution in [0.5, 0.6) is 0 Å². The highest BCUT2D eigenvalue weighted by atomic mass is 32.2. The highest BCUT2D eigenvalue weighted by molar-refractivity contribution is 7.99. The number of rotatable bonds is 4. The van der Waals surface area contributed by atoms with Crippen LogP contribution in [0.25, 0.3) is 11.1 Å². The molecular formula is C19H24N2O2S. The topological polar surface area (TPSA) is 55.1 Å². The Kier molecular flexibility index (Phi) is 3.68. The highest BCUT2D eigenvalue weighted by Gasteiger charge is 2.61. The first-order valence-corrected chi connectivity index (χ1v) is 9.66. The number of amides is 1. The molecule has 2 saturated carbocycles. The quantitative estimate of drug-likeness (QED) is 0.843. The van der Waals surface area contributed by atoms with Crippen LogP contribution in [0.4, 0.5) is 0 Å². The first-order valence-electron chi connectivity index (χ1n) is 8.68. The van der Waals surface area contributed by atoms with Gasteiger partial charge in [-0.1, -0.05) is 44.7 Å². The molecule has 3 atom stereocenters. The number of nitrogens with one attached hydrogen (secondary N) is 1. The zero-order valence-corrected chi connectivity index (χ0v) is 15.3. The number of carbonyl (C=O) groups excluding carboxylic acids is 1. The monoisotopic (exact) mass is 344 g/mol. The van der Waals surface area contributed by atoms with Crippen LogP contribution in [0.15, 0.2) is 33.9 Å². The summed E-state index contributed by atoms with van der Waals surface area (Å²) in [6.07, 6.45) is 3.63. The Morgan fingerprint density at radius 3 is 2.83 bits per heavy atom. The fourth-order valence-corrected chi connectivity index (χ4v) is 5.35.